The molecule has 2 fully saturated rings. The van der Waals surface area contributed by atoms with Crippen molar-refractivity contribution in [3.8, 4) is 0 Å². The summed E-state index contributed by atoms with van der Waals surface area (Å²) in [5.74, 6) is -3.91. The molecule has 164 valence electrons. The molecular weight excluding hydrogens is 409 g/mol. The fourth-order valence-corrected chi connectivity index (χ4v) is 3.80. The minimum absolute atomic E-state index is 0.183. The number of imidazole rings is 1. The average molecular weight is 430 g/mol. The van der Waals surface area contributed by atoms with Crippen LogP contribution < -0.4 is 16.4 Å². The number of aromatic amines is 1. The van der Waals surface area contributed by atoms with E-state index in [1.807, 2.05) is 0 Å². The zero-order valence-corrected chi connectivity index (χ0v) is 15.8. The molecule has 5 N–H and O–H groups in total. The summed E-state index contributed by atoms with van der Waals surface area (Å²) < 4.78 is 41.1. The third kappa shape index (κ3) is 3.96. The first-order chi connectivity index (χ1) is 14.0. The number of halogens is 3. The summed E-state index contributed by atoms with van der Waals surface area (Å²) in [7, 11) is 0. The molecule has 0 radical (unpaired) electrons. The lowest BCUT2D eigenvalue weighted by Gasteiger charge is -2.33. The maximum atomic E-state index is 13.7. The van der Waals surface area contributed by atoms with Gasteiger partial charge < -0.3 is 26.3 Å². The standard InChI is InChI=1S/C17H21F3N6O4/c18-17(19,20)16(4-3-12(27)25-16)15(30)24-10(6-9-7-22-8-23-9)14(29)26-5-1-2-11(26)13(21)28/h7-8,10-11H,1-6H2,(H2,21,28)(H,22,23)(H,24,30)(H,25,27)/t10-,11-,16-/m0/s1. The molecule has 3 atom stereocenters. The Bertz CT molecular complexity index is 843. The van der Waals surface area contributed by atoms with E-state index < -0.39 is 60.3 Å². The van der Waals surface area contributed by atoms with Crippen LogP contribution in [0, 0.1) is 0 Å². The molecule has 0 aliphatic carbocycles. The van der Waals surface area contributed by atoms with Gasteiger partial charge in [0, 0.05) is 31.3 Å². The Morgan fingerprint density at radius 3 is 2.67 bits per heavy atom. The molecule has 3 rings (SSSR count). The van der Waals surface area contributed by atoms with Crippen LogP contribution in [-0.4, -0.2) is 68.8 Å². The van der Waals surface area contributed by atoms with Crippen molar-refractivity contribution >= 4 is 23.6 Å². The Hall–Kier alpha value is -3.12. The van der Waals surface area contributed by atoms with Crippen LogP contribution in [-0.2, 0) is 25.6 Å². The van der Waals surface area contributed by atoms with Crippen LogP contribution in [0.1, 0.15) is 31.4 Å². The highest BCUT2D eigenvalue weighted by Gasteiger charge is 2.64. The largest absolute Gasteiger partial charge is 0.420 e. The van der Waals surface area contributed by atoms with Gasteiger partial charge in [0.25, 0.3) is 5.91 Å². The Labute approximate surface area is 168 Å². The van der Waals surface area contributed by atoms with E-state index in [1.165, 1.54) is 12.5 Å². The van der Waals surface area contributed by atoms with Crippen molar-refractivity contribution in [2.24, 2.45) is 5.73 Å². The maximum absolute atomic E-state index is 13.7. The van der Waals surface area contributed by atoms with E-state index in [0.29, 0.717) is 18.5 Å². The molecule has 0 unspecified atom stereocenters. The van der Waals surface area contributed by atoms with Crippen molar-refractivity contribution in [3.63, 3.8) is 0 Å². The van der Waals surface area contributed by atoms with E-state index in [1.54, 1.807) is 5.32 Å². The summed E-state index contributed by atoms with van der Waals surface area (Å²) in [6, 6.07) is -2.32. The highest BCUT2D eigenvalue weighted by atomic mass is 19.4. The van der Waals surface area contributed by atoms with Crippen LogP contribution in [0.5, 0.6) is 0 Å². The number of carbonyl (C=O) groups excluding carboxylic acids is 4. The number of nitrogens with one attached hydrogen (secondary N) is 3. The number of hydrogen-bond donors (Lipinski definition) is 4. The minimum atomic E-state index is -5.06. The molecule has 1 aromatic heterocycles. The molecule has 0 aromatic carbocycles. The van der Waals surface area contributed by atoms with Crippen LogP contribution in [0.4, 0.5) is 13.2 Å². The molecule has 0 spiro atoms. The molecule has 3 heterocycles. The van der Waals surface area contributed by atoms with E-state index in [2.05, 4.69) is 15.3 Å². The van der Waals surface area contributed by atoms with Gasteiger partial charge in [-0.15, -0.1) is 0 Å². The molecule has 2 aliphatic rings. The van der Waals surface area contributed by atoms with Gasteiger partial charge in [-0.3, -0.25) is 19.2 Å². The smallest absolute Gasteiger partial charge is 0.368 e. The Morgan fingerprint density at radius 1 is 1.40 bits per heavy atom. The van der Waals surface area contributed by atoms with Crippen LogP contribution in [0.25, 0.3) is 0 Å². The number of aromatic nitrogens is 2. The van der Waals surface area contributed by atoms with Gasteiger partial charge in [-0.2, -0.15) is 13.2 Å². The molecule has 4 amide bonds. The normalized spacial score (nSPS) is 25.1. The van der Waals surface area contributed by atoms with Gasteiger partial charge in [0.05, 0.1) is 6.33 Å². The van der Waals surface area contributed by atoms with Gasteiger partial charge in [-0.25, -0.2) is 4.98 Å². The number of nitrogens with two attached hydrogens (primary N) is 1. The van der Waals surface area contributed by atoms with Gasteiger partial charge in [-0.05, 0) is 19.3 Å². The molecule has 10 nitrogen and oxygen atoms in total. The van der Waals surface area contributed by atoms with E-state index in [-0.39, 0.29) is 13.0 Å². The predicted molar refractivity (Wildman–Crippen MR) is 94.3 cm³/mol. The lowest BCUT2D eigenvalue weighted by Crippen LogP contribution is -2.66. The second-order valence-electron chi connectivity index (χ2n) is 7.35. The van der Waals surface area contributed by atoms with Crippen molar-refractivity contribution in [1.29, 1.82) is 0 Å². The topological polar surface area (TPSA) is 150 Å². The molecule has 2 aliphatic heterocycles. The Balaban J connectivity index is 1.87. The second-order valence-corrected chi connectivity index (χ2v) is 7.35. The zero-order valence-electron chi connectivity index (χ0n) is 15.8. The van der Waals surface area contributed by atoms with Crippen molar-refractivity contribution in [3.05, 3.63) is 18.2 Å². The molecule has 13 heteroatoms. The first kappa shape index (κ1) is 21.6. The van der Waals surface area contributed by atoms with Gasteiger partial charge in [0.15, 0.2) is 0 Å². The monoisotopic (exact) mass is 430 g/mol. The summed E-state index contributed by atoms with van der Waals surface area (Å²) >= 11 is 0. The number of H-pyrrole nitrogens is 1. The number of hydrogen-bond acceptors (Lipinski definition) is 5. The average Bonchev–Trinajstić information content (AvgIpc) is 3.40. The molecule has 0 saturated carbocycles. The van der Waals surface area contributed by atoms with Crippen LogP contribution in [0.2, 0.25) is 0 Å². The SMILES string of the molecule is NC(=O)[C@@H]1CCCN1C(=O)[C@H](Cc1cnc[nH]1)NC(=O)[C@]1(C(F)(F)F)CCC(=O)N1. The van der Waals surface area contributed by atoms with E-state index in [4.69, 9.17) is 5.73 Å². The maximum Gasteiger partial charge on any atom is 0.420 e. The van der Waals surface area contributed by atoms with E-state index >= 15 is 0 Å². The van der Waals surface area contributed by atoms with Crippen molar-refractivity contribution in [2.45, 2.75) is 55.9 Å². The van der Waals surface area contributed by atoms with Crippen molar-refractivity contribution in [2.75, 3.05) is 6.54 Å². The van der Waals surface area contributed by atoms with Crippen LogP contribution in [0.3, 0.4) is 0 Å². The molecule has 2 saturated heterocycles. The van der Waals surface area contributed by atoms with Gasteiger partial charge in [-0.1, -0.05) is 0 Å². The Kier molecular flexibility index (Phi) is 5.72. The first-order valence-corrected chi connectivity index (χ1v) is 9.31. The van der Waals surface area contributed by atoms with E-state index in [0.717, 1.165) is 4.90 Å². The van der Waals surface area contributed by atoms with E-state index in [9.17, 15) is 32.3 Å². The third-order valence-electron chi connectivity index (χ3n) is 5.40. The summed E-state index contributed by atoms with van der Waals surface area (Å²) in [4.78, 5) is 56.5. The molecular formula is C17H21F3N6O4. The van der Waals surface area contributed by atoms with Crippen molar-refractivity contribution in [1.82, 2.24) is 25.5 Å². The fourth-order valence-electron chi connectivity index (χ4n) is 3.80. The van der Waals surface area contributed by atoms with Crippen LogP contribution in [0.15, 0.2) is 12.5 Å². The summed E-state index contributed by atoms with van der Waals surface area (Å²) in [6.07, 6.45) is -3.00. The third-order valence-corrected chi connectivity index (χ3v) is 5.40. The summed E-state index contributed by atoms with van der Waals surface area (Å²) in [5, 5.41) is 3.85. The summed E-state index contributed by atoms with van der Waals surface area (Å²) in [5.41, 5.74) is 2.59. The fraction of sp³-hybridized carbons (Fsp3) is 0.588. The molecule has 30 heavy (non-hydrogen) atoms. The number of alkyl halides is 3. The van der Waals surface area contributed by atoms with Gasteiger partial charge >= 0.3 is 6.18 Å². The highest BCUT2D eigenvalue weighted by Crippen LogP contribution is 2.38. The number of amides is 4. The minimum Gasteiger partial charge on any atom is -0.368 e. The lowest BCUT2D eigenvalue weighted by atomic mass is 9.94. The second kappa shape index (κ2) is 7.95. The molecule has 1 aromatic rings. The number of likely N-dealkylation sites (tertiary alicyclic amines) is 1. The molecule has 0 bridgehead atoms. The van der Waals surface area contributed by atoms with Gasteiger partial charge in [0.2, 0.25) is 23.3 Å². The predicted octanol–water partition coefficient (Wildman–Crippen LogP) is -0.876. The van der Waals surface area contributed by atoms with Gasteiger partial charge in [0.1, 0.15) is 12.1 Å². The number of carbonyl (C=O) groups is 4. The number of rotatable bonds is 6. The zero-order chi connectivity index (χ0) is 22.1. The number of nitrogens with zero attached hydrogens (tertiary/aromatic N) is 2. The quantitative estimate of drug-likeness (QED) is 0.462. The first-order valence-electron chi connectivity index (χ1n) is 9.31. The lowest BCUT2D eigenvalue weighted by molar-refractivity contribution is -0.197. The Morgan fingerprint density at radius 2 is 2.13 bits per heavy atom. The highest BCUT2D eigenvalue weighted by molar-refractivity contribution is 5.98. The van der Waals surface area contributed by atoms with Crippen LogP contribution >= 0.6 is 0 Å². The number of primary amides is 1. The summed E-state index contributed by atoms with van der Waals surface area (Å²) in [6.45, 7) is 0.183. The van der Waals surface area contributed by atoms with Crippen molar-refractivity contribution < 1.29 is 32.3 Å².